The summed E-state index contributed by atoms with van der Waals surface area (Å²) in [4.78, 5) is 0. The first-order valence-electron chi connectivity index (χ1n) is 4.43. The van der Waals surface area contributed by atoms with Gasteiger partial charge in [-0.15, -0.1) is 0 Å². The van der Waals surface area contributed by atoms with E-state index in [4.69, 9.17) is 9.47 Å². The van der Waals surface area contributed by atoms with Crippen molar-refractivity contribution in [2.24, 2.45) is 0 Å². The molecule has 1 N–H and O–H groups in total. The van der Waals surface area contributed by atoms with Crippen molar-refractivity contribution in [3.05, 3.63) is 0 Å². The quantitative estimate of drug-likeness (QED) is 0.643. The summed E-state index contributed by atoms with van der Waals surface area (Å²) in [7, 11) is 0. The molecule has 0 aromatic rings. The molecule has 1 rings (SSSR count). The highest BCUT2D eigenvalue weighted by atomic mass is 16.6. The Labute approximate surface area is 73.7 Å². The number of rotatable bonds is 1. The molecule has 0 saturated carbocycles. The van der Waals surface area contributed by atoms with E-state index in [0.717, 1.165) is 0 Å². The average Bonchev–Trinajstić information content (AvgIpc) is 1.91. The lowest BCUT2D eigenvalue weighted by Gasteiger charge is -2.33. The summed E-state index contributed by atoms with van der Waals surface area (Å²) in [5.41, 5.74) is -0.202. The van der Waals surface area contributed by atoms with Crippen molar-refractivity contribution in [1.29, 1.82) is 0 Å². The van der Waals surface area contributed by atoms with E-state index in [1.807, 2.05) is 20.8 Å². The Morgan fingerprint density at radius 2 is 2.08 bits per heavy atom. The second kappa shape index (κ2) is 3.73. The van der Waals surface area contributed by atoms with Crippen LogP contribution in [0.2, 0.25) is 0 Å². The summed E-state index contributed by atoms with van der Waals surface area (Å²) >= 11 is 0. The zero-order chi connectivity index (χ0) is 9.19. The van der Waals surface area contributed by atoms with Gasteiger partial charge in [-0.05, 0) is 27.2 Å². The van der Waals surface area contributed by atoms with Crippen molar-refractivity contribution >= 4 is 0 Å². The summed E-state index contributed by atoms with van der Waals surface area (Å²) in [6, 6.07) is 0. The Balaban J connectivity index is 2.39. The lowest BCUT2D eigenvalue weighted by atomic mass is 10.1. The summed E-state index contributed by atoms with van der Waals surface area (Å²) in [6.07, 6.45) is 0.164. The maximum Gasteiger partial charge on any atom is 0.107 e. The van der Waals surface area contributed by atoms with Crippen LogP contribution in [0.1, 0.15) is 27.2 Å². The predicted molar refractivity (Wildman–Crippen MR) is 46.1 cm³/mol. The number of aliphatic hydroxyl groups is 1. The summed E-state index contributed by atoms with van der Waals surface area (Å²) < 4.78 is 10.8. The summed E-state index contributed by atoms with van der Waals surface area (Å²) in [5, 5.41) is 9.53. The molecule has 2 unspecified atom stereocenters. The molecule has 0 aromatic carbocycles. The van der Waals surface area contributed by atoms with E-state index in [-0.39, 0.29) is 17.8 Å². The number of hydrogen-bond acceptors (Lipinski definition) is 3. The molecule has 0 aliphatic carbocycles. The van der Waals surface area contributed by atoms with Crippen molar-refractivity contribution in [1.82, 2.24) is 0 Å². The Hall–Kier alpha value is -0.120. The SMILES string of the molecule is CC(C)(C)OC1COCCC1O. The first-order chi connectivity index (χ1) is 5.49. The number of ether oxygens (including phenoxy) is 2. The van der Waals surface area contributed by atoms with Crippen LogP contribution >= 0.6 is 0 Å². The molecule has 12 heavy (non-hydrogen) atoms. The largest absolute Gasteiger partial charge is 0.390 e. The molecular weight excluding hydrogens is 156 g/mol. The van der Waals surface area contributed by atoms with E-state index in [2.05, 4.69) is 0 Å². The van der Waals surface area contributed by atoms with Gasteiger partial charge in [-0.2, -0.15) is 0 Å². The average molecular weight is 174 g/mol. The highest BCUT2D eigenvalue weighted by molar-refractivity contribution is 4.76. The molecule has 1 aliphatic rings. The fraction of sp³-hybridized carbons (Fsp3) is 1.00. The van der Waals surface area contributed by atoms with Crippen LogP contribution in [-0.4, -0.2) is 36.1 Å². The van der Waals surface area contributed by atoms with E-state index in [1.165, 1.54) is 0 Å². The molecule has 0 aromatic heterocycles. The van der Waals surface area contributed by atoms with Gasteiger partial charge in [0, 0.05) is 6.61 Å². The molecule has 1 saturated heterocycles. The Morgan fingerprint density at radius 3 is 2.58 bits per heavy atom. The molecule has 0 amide bonds. The minimum Gasteiger partial charge on any atom is -0.390 e. The van der Waals surface area contributed by atoms with Crippen molar-refractivity contribution in [2.75, 3.05) is 13.2 Å². The van der Waals surface area contributed by atoms with E-state index in [1.54, 1.807) is 0 Å². The first-order valence-corrected chi connectivity index (χ1v) is 4.43. The summed E-state index contributed by atoms with van der Waals surface area (Å²) in [6.45, 7) is 7.10. The van der Waals surface area contributed by atoms with E-state index >= 15 is 0 Å². The zero-order valence-corrected chi connectivity index (χ0v) is 8.04. The van der Waals surface area contributed by atoms with Crippen LogP contribution in [0, 0.1) is 0 Å². The van der Waals surface area contributed by atoms with Crippen LogP contribution in [0.4, 0.5) is 0 Å². The third-order valence-electron chi connectivity index (χ3n) is 1.77. The molecule has 3 nitrogen and oxygen atoms in total. The van der Waals surface area contributed by atoms with E-state index in [0.29, 0.717) is 19.6 Å². The van der Waals surface area contributed by atoms with Crippen molar-refractivity contribution in [2.45, 2.75) is 45.0 Å². The fourth-order valence-electron chi connectivity index (χ4n) is 1.27. The molecule has 1 heterocycles. The minimum atomic E-state index is -0.363. The minimum absolute atomic E-state index is 0.154. The van der Waals surface area contributed by atoms with Gasteiger partial charge in [0.1, 0.15) is 6.10 Å². The second-order valence-electron chi connectivity index (χ2n) is 4.20. The number of aliphatic hydroxyl groups excluding tert-OH is 1. The lowest BCUT2D eigenvalue weighted by molar-refractivity contribution is -0.162. The van der Waals surface area contributed by atoms with Gasteiger partial charge in [-0.25, -0.2) is 0 Å². The van der Waals surface area contributed by atoms with Gasteiger partial charge in [0.2, 0.25) is 0 Å². The molecule has 2 atom stereocenters. The van der Waals surface area contributed by atoms with Crippen LogP contribution in [0.3, 0.4) is 0 Å². The summed E-state index contributed by atoms with van der Waals surface area (Å²) in [5.74, 6) is 0. The maximum absolute atomic E-state index is 9.53. The van der Waals surface area contributed by atoms with Crippen LogP contribution in [0.25, 0.3) is 0 Å². The molecule has 0 bridgehead atoms. The van der Waals surface area contributed by atoms with Crippen LogP contribution in [0.15, 0.2) is 0 Å². The van der Waals surface area contributed by atoms with Crippen LogP contribution in [-0.2, 0) is 9.47 Å². The third-order valence-corrected chi connectivity index (χ3v) is 1.77. The second-order valence-corrected chi connectivity index (χ2v) is 4.20. The zero-order valence-electron chi connectivity index (χ0n) is 8.04. The van der Waals surface area contributed by atoms with E-state index in [9.17, 15) is 5.11 Å². The highest BCUT2D eigenvalue weighted by Crippen LogP contribution is 2.18. The molecule has 0 spiro atoms. The van der Waals surface area contributed by atoms with Gasteiger partial charge in [0.25, 0.3) is 0 Å². The molecule has 0 radical (unpaired) electrons. The Morgan fingerprint density at radius 1 is 1.42 bits per heavy atom. The van der Waals surface area contributed by atoms with Crippen LogP contribution < -0.4 is 0 Å². The van der Waals surface area contributed by atoms with Gasteiger partial charge < -0.3 is 14.6 Å². The normalized spacial score (nSPS) is 32.0. The topological polar surface area (TPSA) is 38.7 Å². The van der Waals surface area contributed by atoms with Gasteiger partial charge in [0.15, 0.2) is 0 Å². The Kier molecular flexibility index (Phi) is 3.09. The van der Waals surface area contributed by atoms with Gasteiger partial charge in [-0.3, -0.25) is 0 Å². The fourth-order valence-corrected chi connectivity index (χ4v) is 1.27. The first kappa shape index (κ1) is 9.96. The van der Waals surface area contributed by atoms with Gasteiger partial charge in [-0.1, -0.05) is 0 Å². The van der Waals surface area contributed by atoms with Gasteiger partial charge in [0.05, 0.1) is 18.3 Å². The number of hydrogen-bond donors (Lipinski definition) is 1. The van der Waals surface area contributed by atoms with E-state index < -0.39 is 0 Å². The van der Waals surface area contributed by atoms with Crippen LogP contribution in [0.5, 0.6) is 0 Å². The predicted octanol–water partition coefficient (Wildman–Crippen LogP) is 0.951. The molecule has 3 heteroatoms. The molecule has 72 valence electrons. The van der Waals surface area contributed by atoms with Crippen molar-refractivity contribution < 1.29 is 14.6 Å². The highest BCUT2D eigenvalue weighted by Gasteiger charge is 2.28. The van der Waals surface area contributed by atoms with Gasteiger partial charge >= 0.3 is 0 Å². The lowest BCUT2D eigenvalue weighted by Crippen LogP contribution is -2.43. The Bertz CT molecular complexity index is 139. The third kappa shape index (κ3) is 3.09. The van der Waals surface area contributed by atoms with Crippen molar-refractivity contribution in [3.8, 4) is 0 Å². The molecular formula is C9H18O3. The maximum atomic E-state index is 9.53. The molecule has 1 aliphatic heterocycles. The monoisotopic (exact) mass is 174 g/mol. The van der Waals surface area contributed by atoms with Crippen molar-refractivity contribution in [3.63, 3.8) is 0 Å². The smallest absolute Gasteiger partial charge is 0.107 e. The molecule has 1 fully saturated rings. The standard InChI is InChI=1S/C9H18O3/c1-9(2,3)12-8-6-11-5-4-7(8)10/h7-8,10H,4-6H2,1-3H3.